The van der Waals surface area contributed by atoms with Gasteiger partial charge in [-0.15, -0.1) is 11.8 Å². The number of carbonyl (C=O) groups excluding carboxylic acids is 2. The van der Waals surface area contributed by atoms with E-state index in [2.05, 4.69) is 10.6 Å². The van der Waals surface area contributed by atoms with Crippen LogP contribution in [0.1, 0.15) is 30.5 Å². The molecule has 1 heterocycles. The Morgan fingerprint density at radius 3 is 2.41 bits per heavy atom. The van der Waals surface area contributed by atoms with Gasteiger partial charge < -0.3 is 25.7 Å². The molecule has 34 heavy (non-hydrogen) atoms. The average molecular weight is 486 g/mol. The molecule has 1 fully saturated rings. The monoisotopic (exact) mass is 485 g/mol. The second-order valence-corrected chi connectivity index (χ2v) is 10.5. The standard InChI is InChI=1S/C25H31N3O5S/c1-16-9-7-8-12-18(16)14-26-22(30)21-25(2,3)34-15-28(21)23(31)20(29)19(27-24(32)33)13-17-10-5-4-6-11-17/h4-12,19-21,27,29H,13-15H2,1-3H3,(H,26,30)(H,32,33)/t19-,20-,21+/m0/s1. The number of aliphatic hydroxyl groups excluding tert-OH is 1. The van der Waals surface area contributed by atoms with Gasteiger partial charge in [0.15, 0.2) is 6.10 Å². The molecule has 1 saturated heterocycles. The van der Waals surface area contributed by atoms with Crippen molar-refractivity contribution in [3.05, 3.63) is 71.3 Å². The maximum Gasteiger partial charge on any atom is 0.404 e. The van der Waals surface area contributed by atoms with Gasteiger partial charge in [0.05, 0.1) is 11.9 Å². The van der Waals surface area contributed by atoms with Crippen LogP contribution in [0.25, 0.3) is 0 Å². The molecule has 4 N–H and O–H groups in total. The zero-order chi connectivity index (χ0) is 24.9. The van der Waals surface area contributed by atoms with Crippen LogP contribution in [0.4, 0.5) is 4.79 Å². The molecule has 3 amide bonds. The lowest BCUT2D eigenvalue weighted by molar-refractivity contribution is -0.147. The smallest absolute Gasteiger partial charge is 0.404 e. The van der Waals surface area contributed by atoms with Crippen molar-refractivity contribution < 1.29 is 24.6 Å². The lowest BCUT2D eigenvalue weighted by Crippen LogP contribution is -2.58. The fourth-order valence-electron chi connectivity index (χ4n) is 4.11. The summed E-state index contributed by atoms with van der Waals surface area (Å²) < 4.78 is -0.583. The summed E-state index contributed by atoms with van der Waals surface area (Å²) in [6.07, 6.45) is -2.84. The van der Waals surface area contributed by atoms with Crippen LogP contribution in [0, 0.1) is 6.92 Å². The molecule has 0 unspecified atom stereocenters. The van der Waals surface area contributed by atoms with Crippen LogP contribution >= 0.6 is 11.8 Å². The van der Waals surface area contributed by atoms with Crippen molar-refractivity contribution >= 4 is 29.7 Å². The van der Waals surface area contributed by atoms with Crippen LogP contribution in [0.3, 0.4) is 0 Å². The van der Waals surface area contributed by atoms with E-state index in [4.69, 9.17) is 0 Å². The number of nitrogens with one attached hydrogen (secondary N) is 2. The van der Waals surface area contributed by atoms with Crippen LogP contribution in [0.2, 0.25) is 0 Å². The Morgan fingerprint density at radius 2 is 1.76 bits per heavy atom. The summed E-state index contributed by atoms with van der Waals surface area (Å²) in [5.41, 5.74) is 2.80. The molecule has 0 aromatic heterocycles. The van der Waals surface area contributed by atoms with E-state index in [0.29, 0.717) is 6.54 Å². The number of nitrogens with zero attached hydrogens (tertiary/aromatic N) is 1. The number of amides is 3. The van der Waals surface area contributed by atoms with Crippen molar-refractivity contribution in [3.8, 4) is 0 Å². The van der Waals surface area contributed by atoms with Crippen molar-refractivity contribution in [3.63, 3.8) is 0 Å². The van der Waals surface area contributed by atoms with E-state index in [1.54, 1.807) is 24.3 Å². The highest BCUT2D eigenvalue weighted by Crippen LogP contribution is 2.39. The largest absolute Gasteiger partial charge is 0.465 e. The topological polar surface area (TPSA) is 119 Å². The van der Waals surface area contributed by atoms with Gasteiger partial charge in [0, 0.05) is 11.3 Å². The number of carboxylic acid groups (broad SMARTS) is 1. The normalized spacial score (nSPS) is 18.7. The quantitative estimate of drug-likeness (QED) is 0.456. The van der Waals surface area contributed by atoms with Gasteiger partial charge in [-0.1, -0.05) is 54.6 Å². The van der Waals surface area contributed by atoms with E-state index in [0.717, 1.165) is 16.7 Å². The molecule has 0 aliphatic carbocycles. The fourth-order valence-corrected chi connectivity index (χ4v) is 5.25. The van der Waals surface area contributed by atoms with Crippen molar-refractivity contribution in [1.29, 1.82) is 0 Å². The molecule has 1 aliphatic rings. The predicted octanol–water partition coefficient (Wildman–Crippen LogP) is 2.53. The second-order valence-electron chi connectivity index (χ2n) is 8.92. The van der Waals surface area contributed by atoms with E-state index < -0.39 is 34.9 Å². The van der Waals surface area contributed by atoms with Gasteiger partial charge in [0.2, 0.25) is 5.91 Å². The Hall–Kier alpha value is -3.04. The van der Waals surface area contributed by atoms with Gasteiger partial charge in [-0.25, -0.2) is 4.79 Å². The van der Waals surface area contributed by atoms with Crippen LogP contribution in [0.15, 0.2) is 54.6 Å². The Kier molecular flexibility index (Phi) is 8.22. The Balaban J connectivity index is 1.76. The summed E-state index contributed by atoms with van der Waals surface area (Å²) in [5.74, 6) is -0.773. The van der Waals surface area contributed by atoms with E-state index in [1.807, 2.05) is 51.1 Å². The highest BCUT2D eigenvalue weighted by molar-refractivity contribution is 8.00. The molecule has 8 nitrogen and oxygen atoms in total. The molecule has 3 atom stereocenters. The number of hydrogen-bond acceptors (Lipinski definition) is 5. The van der Waals surface area contributed by atoms with Crippen molar-refractivity contribution in [2.45, 2.75) is 56.7 Å². The predicted molar refractivity (Wildman–Crippen MR) is 131 cm³/mol. The lowest BCUT2D eigenvalue weighted by atomic mass is 9.97. The minimum atomic E-state index is -1.64. The minimum Gasteiger partial charge on any atom is -0.465 e. The fraction of sp³-hybridized carbons (Fsp3) is 0.400. The molecule has 0 radical (unpaired) electrons. The van der Waals surface area contributed by atoms with E-state index in [1.165, 1.54) is 16.7 Å². The van der Waals surface area contributed by atoms with Crippen LogP contribution < -0.4 is 10.6 Å². The average Bonchev–Trinajstić information content (AvgIpc) is 3.12. The Bertz CT molecular complexity index is 1030. The third kappa shape index (κ3) is 6.09. The molecule has 1 aliphatic heterocycles. The number of aryl methyl sites for hydroxylation is 1. The maximum atomic E-state index is 13.3. The van der Waals surface area contributed by atoms with Crippen molar-refractivity contribution in [1.82, 2.24) is 15.5 Å². The third-order valence-corrected chi connectivity index (χ3v) is 7.41. The summed E-state index contributed by atoms with van der Waals surface area (Å²) in [5, 5.41) is 25.4. The molecule has 0 saturated carbocycles. The Morgan fingerprint density at radius 1 is 1.12 bits per heavy atom. The number of carbonyl (C=O) groups is 3. The SMILES string of the molecule is Cc1ccccc1CNC(=O)[C@H]1N(C(=O)[C@@H](O)[C@H](Cc2ccccc2)NC(=O)O)CSC1(C)C. The number of thioether (sulfide) groups is 1. The summed E-state index contributed by atoms with van der Waals surface area (Å²) in [7, 11) is 0. The Labute approximate surface area is 203 Å². The first-order valence-electron chi connectivity index (χ1n) is 11.1. The van der Waals surface area contributed by atoms with Gasteiger partial charge in [0.1, 0.15) is 6.04 Å². The van der Waals surface area contributed by atoms with Crippen LogP contribution in [0.5, 0.6) is 0 Å². The molecule has 182 valence electrons. The van der Waals surface area contributed by atoms with E-state index in [9.17, 15) is 24.6 Å². The molecule has 2 aromatic carbocycles. The van der Waals surface area contributed by atoms with Crippen LogP contribution in [-0.2, 0) is 22.6 Å². The van der Waals surface area contributed by atoms with Gasteiger partial charge in [0.25, 0.3) is 5.91 Å². The van der Waals surface area contributed by atoms with Crippen molar-refractivity contribution in [2.75, 3.05) is 5.88 Å². The highest BCUT2D eigenvalue weighted by atomic mass is 32.2. The first kappa shape index (κ1) is 25.6. The molecule has 0 spiro atoms. The first-order valence-corrected chi connectivity index (χ1v) is 12.1. The maximum absolute atomic E-state index is 13.3. The molecular weight excluding hydrogens is 454 g/mol. The molecule has 3 rings (SSSR count). The van der Waals surface area contributed by atoms with Gasteiger partial charge in [-0.3, -0.25) is 9.59 Å². The third-order valence-electron chi connectivity index (χ3n) is 6.03. The second kappa shape index (κ2) is 10.9. The van der Waals surface area contributed by atoms with Crippen LogP contribution in [-0.4, -0.2) is 61.8 Å². The number of benzene rings is 2. The molecule has 9 heteroatoms. The van der Waals surface area contributed by atoms with E-state index >= 15 is 0 Å². The molecule has 2 aromatic rings. The summed E-state index contributed by atoms with van der Waals surface area (Å²) >= 11 is 1.44. The van der Waals surface area contributed by atoms with E-state index in [-0.39, 0.29) is 18.2 Å². The van der Waals surface area contributed by atoms with Crippen molar-refractivity contribution in [2.24, 2.45) is 0 Å². The lowest BCUT2D eigenvalue weighted by Gasteiger charge is -2.33. The zero-order valence-corrected chi connectivity index (χ0v) is 20.3. The molecular formula is C25H31N3O5S. The highest BCUT2D eigenvalue weighted by Gasteiger charge is 2.49. The van der Waals surface area contributed by atoms with Gasteiger partial charge in [-0.05, 0) is 43.9 Å². The van der Waals surface area contributed by atoms with Gasteiger partial charge >= 0.3 is 6.09 Å². The number of rotatable bonds is 8. The summed E-state index contributed by atoms with van der Waals surface area (Å²) in [6, 6.07) is 14.9. The number of aliphatic hydroxyl groups is 1. The molecule has 0 bridgehead atoms. The first-order chi connectivity index (χ1) is 16.1. The van der Waals surface area contributed by atoms with Gasteiger partial charge in [-0.2, -0.15) is 0 Å². The summed E-state index contributed by atoms with van der Waals surface area (Å²) in [6.45, 7) is 6.05. The minimum absolute atomic E-state index is 0.134. The number of hydrogen-bond donors (Lipinski definition) is 4. The summed E-state index contributed by atoms with van der Waals surface area (Å²) in [4.78, 5) is 39.3. The zero-order valence-electron chi connectivity index (χ0n) is 19.5.